The minimum absolute atomic E-state index is 0.0207. The van der Waals surface area contributed by atoms with E-state index in [2.05, 4.69) is 11.0 Å². The summed E-state index contributed by atoms with van der Waals surface area (Å²) in [5.74, 6) is 0.154. The fourth-order valence-corrected chi connectivity index (χ4v) is 7.21. The molecule has 0 N–H and O–H groups in total. The van der Waals surface area contributed by atoms with Crippen molar-refractivity contribution in [3.8, 4) is 6.07 Å². The molecule has 0 radical (unpaired) electrons. The second-order valence-electron chi connectivity index (χ2n) is 9.59. The lowest BCUT2D eigenvalue weighted by molar-refractivity contribution is -0.130. The molecule has 3 heterocycles. The summed E-state index contributed by atoms with van der Waals surface area (Å²) in [6.07, 6.45) is 3.93. The fraction of sp³-hybridized carbons (Fsp3) is 0.667. The molecule has 0 spiro atoms. The number of ether oxygens (including phenoxy) is 1. The van der Waals surface area contributed by atoms with Gasteiger partial charge in [0.2, 0.25) is 15.9 Å². The van der Waals surface area contributed by atoms with Crippen molar-refractivity contribution in [2.45, 2.75) is 62.5 Å². The number of halogens is 1. The van der Waals surface area contributed by atoms with Crippen LogP contribution in [0.4, 0.5) is 5.69 Å². The van der Waals surface area contributed by atoms with E-state index in [9.17, 15) is 18.5 Å². The number of rotatable bonds is 6. The van der Waals surface area contributed by atoms with E-state index in [4.69, 9.17) is 16.3 Å². The van der Waals surface area contributed by atoms with Crippen molar-refractivity contribution in [1.29, 1.82) is 5.26 Å². The summed E-state index contributed by atoms with van der Waals surface area (Å²) in [7, 11) is -2.02. The van der Waals surface area contributed by atoms with Gasteiger partial charge in [-0.25, -0.2) is 8.42 Å². The molecule has 10 heteroatoms. The molecule has 3 saturated heterocycles. The molecule has 0 aromatic heterocycles. The average molecular weight is 509 g/mol. The van der Waals surface area contributed by atoms with Gasteiger partial charge in [0.25, 0.3) is 0 Å². The van der Waals surface area contributed by atoms with Crippen LogP contribution in [-0.2, 0) is 19.6 Å². The van der Waals surface area contributed by atoms with E-state index in [0.29, 0.717) is 43.9 Å². The number of benzene rings is 1. The third kappa shape index (κ3) is 4.78. The molecule has 8 nitrogen and oxygen atoms in total. The second-order valence-corrected chi connectivity index (χ2v) is 11.9. The molecular formula is C24H33ClN4O4S. The number of nitriles is 1. The molecule has 1 aromatic rings. The number of nitrogens with zero attached hydrogens (tertiary/aromatic N) is 4. The van der Waals surface area contributed by atoms with Gasteiger partial charge < -0.3 is 14.5 Å². The van der Waals surface area contributed by atoms with E-state index >= 15 is 0 Å². The first kappa shape index (κ1) is 25.2. The van der Waals surface area contributed by atoms with Gasteiger partial charge in [-0.15, -0.1) is 0 Å². The minimum atomic E-state index is -3.67. The number of sulfonamides is 1. The molecule has 3 aliphatic heterocycles. The first-order valence-electron chi connectivity index (χ1n) is 12.0. The summed E-state index contributed by atoms with van der Waals surface area (Å²) < 4.78 is 33.2. The first-order chi connectivity index (χ1) is 16.2. The zero-order chi connectivity index (χ0) is 24.5. The van der Waals surface area contributed by atoms with Crippen LogP contribution in [0.1, 0.15) is 45.4 Å². The van der Waals surface area contributed by atoms with E-state index in [1.54, 1.807) is 19.2 Å². The Morgan fingerprint density at radius 2 is 1.88 bits per heavy atom. The number of piperidine rings is 2. The summed E-state index contributed by atoms with van der Waals surface area (Å²) in [4.78, 5) is 16.6. The fourth-order valence-electron chi connectivity index (χ4n) is 5.38. The molecule has 0 aliphatic carbocycles. The predicted molar refractivity (Wildman–Crippen MR) is 130 cm³/mol. The van der Waals surface area contributed by atoms with Crippen molar-refractivity contribution in [1.82, 2.24) is 9.21 Å². The topological polar surface area (TPSA) is 93.9 Å². The Morgan fingerprint density at radius 1 is 1.21 bits per heavy atom. The highest BCUT2D eigenvalue weighted by molar-refractivity contribution is 7.89. The van der Waals surface area contributed by atoms with E-state index in [0.717, 1.165) is 38.0 Å². The number of carbonyl (C=O) groups excluding carboxylic acids is 1. The quantitative estimate of drug-likeness (QED) is 0.585. The normalized spacial score (nSPS) is 24.4. The van der Waals surface area contributed by atoms with Crippen molar-refractivity contribution in [2.24, 2.45) is 5.41 Å². The minimum Gasteiger partial charge on any atom is -0.379 e. The van der Waals surface area contributed by atoms with E-state index < -0.39 is 15.4 Å². The Balaban J connectivity index is 1.40. The van der Waals surface area contributed by atoms with Crippen LogP contribution in [0.5, 0.6) is 0 Å². The molecule has 1 amide bonds. The molecule has 0 bridgehead atoms. The summed E-state index contributed by atoms with van der Waals surface area (Å²) in [6.45, 7) is 4.81. The lowest BCUT2D eigenvalue weighted by Crippen LogP contribution is -2.46. The average Bonchev–Trinajstić information content (AvgIpc) is 3.24. The van der Waals surface area contributed by atoms with E-state index in [-0.39, 0.29) is 22.9 Å². The maximum Gasteiger partial charge on any atom is 0.243 e. The highest BCUT2D eigenvalue weighted by Gasteiger charge is 2.38. The standard InChI is InChI=1S/C24H33ClN4O4S/c1-3-24(17-26)8-12-28(13-9-24)34(31,32)20-4-5-22(21(25)15-20)27-10-6-18(7-11-27)29-16-19(33-2)14-23(29)30/h4-5,15,18-19H,3,6-14,16H2,1-2H3. The number of hydrogen-bond acceptors (Lipinski definition) is 6. The SMILES string of the molecule is CCC1(C#N)CCN(S(=O)(=O)c2ccc(N3CCC(N4CC(OC)CC4=O)CC3)c(Cl)c2)CC1. The molecule has 4 rings (SSSR count). The van der Waals surface area contributed by atoms with Crippen LogP contribution in [0.25, 0.3) is 0 Å². The Kier molecular flexibility index (Phi) is 7.44. The Hall–Kier alpha value is -1.86. The third-order valence-corrected chi connectivity index (χ3v) is 10.0. The lowest BCUT2D eigenvalue weighted by Gasteiger charge is -2.38. The molecule has 3 aliphatic rings. The molecule has 34 heavy (non-hydrogen) atoms. The van der Waals surface area contributed by atoms with Crippen molar-refractivity contribution < 1.29 is 17.9 Å². The molecule has 0 saturated carbocycles. The maximum absolute atomic E-state index is 13.2. The van der Waals surface area contributed by atoms with Gasteiger partial charge in [-0.05, 0) is 50.3 Å². The van der Waals surface area contributed by atoms with Gasteiger partial charge in [0.15, 0.2) is 0 Å². The number of hydrogen-bond donors (Lipinski definition) is 0. The molecule has 1 unspecified atom stereocenters. The van der Waals surface area contributed by atoms with Gasteiger partial charge in [-0.1, -0.05) is 18.5 Å². The lowest BCUT2D eigenvalue weighted by atomic mass is 9.78. The summed E-state index contributed by atoms with van der Waals surface area (Å²) in [5, 5.41) is 9.90. The van der Waals surface area contributed by atoms with Gasteiger partial charge in [0, 0.05) is 45.9 Å². The smallest absolute Gasteiger partial charge is 0.243 e. The van der Waals surface area contributed by atoms with Crippen LogP contribution in [0.3, 0.4) is 0 Å². The Bertz CT molecular complexity index is 1060. The van der Waals surface area contributed by atoms with Gasteiger partial charge in [0.05, 0.1) is 39.6 Å². The Labute approximate surface area is 207 Å². The van der Waals surface area contributed by atoms with Crippen molar-refractivity contribution in [3.05, 3.63) is 23.2 Å². The van der Waals surface area contributed by atoms with E-state index in [1.165, 1.54) is 10.4 Å². The summed E-state index contributed by atoms with van der Waals surface area (Å²) in [6, 6.07) is 7.53. The van der Waals surface area contributed by atoms with E-state index in [1.807, 2.05) is 11.8 Å². The molecular weight excluding hydrogens is 476 g/mol. The zero-order valence-corrected chi connectivity index (χ0v) is 21.4. The van der Waals surface area contributed by atoms with Crippen LogP contribution < -0.4 is 4.90 Å². The van der Waals surface area contributed by atoms with Crippen LogP contribution in [0.2, 0.25) is 5.02 Å². The van der Waals surface area contributed by atoms with Crippen LogP contribution in [-0.4, -0.2) is 75.5 Å². The number of anilines is 1. The largest absolute Gasteiger partial charge is 0.379 e. The number of likely N-dealkylation sites (tertiary alicyclic amines) is 1. The summed E-state index contributed by atoms with van der Waals surface area (Å²) in [5.41, 5.74) is 0.388. The van der Waals surface area contributed by atoms with Crippen LogP contribution in [0, 0.1) is 16.7 Å². The maximum atomic E-state index is 13.2. The van der Waals surface area contributed by atoms with Gasteiger partial charge in [-0.3, -0.25) is 4.79 Å². The van der Waals surface area contributed by atoms with Gasteiger partial charge in [0.1, 0.15) is 0 Å². The monoisotopic (exact) mass is 508 g/mol. The third-order valence-electron chi connectivity index (χ3n) is 7.85. The Morgan fingerprint density at radius 3 is 2.41 bits per heavy atom. The number of methoxy groups -OCH3 is 1. The van der Waals surface area contributed by atoms with Gasteiger partial charge in [-0.2, -0.15) is 9.57 Å². The van der Waals surface area contributed by atoms with Crippen LogP contribution in [0.15, 0.2) is 23.1 Å². The predicted octanol–water partition coefficient (Wildman–Crippen LogP) is 3.26. The van der Waals surface area contributed by atoms with Crippen molar-refractivity contribution in [3.63, 3.8) is 0 Å². The zero-order valence-electron chi connectivity index (χ0n) is 19.9. The highest BCUT2D eigenvalue weighted by atomic mass is 35.5. The van der Waals surface area contributed by atoms with Gasteiger partial charge >= 0.3 is 0 Å². The molecule has 1 aromatic carbocycles. The molecule has 1 atom stereocenters. The van der Waals surface area contributed by atoms with Crippen molar-refractivity contribution in [2.75, 3.05) is 44.7 Å². The summed E-state index contributed by atoms with van der Waals surface area (Å²) >= 11 is 6.57. The number of amides is 1. The highest BCUT2D eigenvalue weighted by Crippen LogP contribution is 2.37. The first-order valence-corrected chi connectivity index (χ1v) is 13.8. The van der Waals surface area contributed by atoms with Crippen molar-refractivity contribution >= 4 is 33.2 Å². The molecule has 186 valence electrons. The van der Waals surface area contributed by atoms with Crippen LogP contribution >= 0.6 is 11.6 Å². The molecule has 3 fully saturated rings. The number of carbonyl (C=O) groups is 1. The second kappa shape index (κ2) is 10.0.